The summed E-state index contributed by atoms with van der Waals surface area (Å²) in [7, 11) is 4.27. The maximum Gasteiger partial charge on any atom is 0.352 e. The number of fused-ring (bicyclic) bond motifs is 1. The normalized spacial score (nSPS) is 10.8. The molecule has 0 amide bonds. The lowest BCUT2D eigenvalue weighted by atomic mass is 10.2. The Bertz CT molecular complexity index is 1920. The molecule has 220 valence electrons. The van der Waals surface area contributed by atoms with Crippen LogP contribution in [-0.4, -0.2) is 49.0 Å². The van der Waals surface area contributed by atoms with Gasteiger partial charge in [-0.1, -0.05) is 36.4 Å². The first-order valence-electron chi connectivity index (χ1n) is 13.0. The van der Waals surface area contributed by atoms with Gasteiger partial charge in [-0.15, -0.1) is 11.3 Å². The van der Waals surface area contributed by atoms with Gasteiger partial charge in [-0.3, -0.25) is 13.9 Å². The van der Waals surface area contributed by atoms with Gasteiger partial charge < -0.3 is 23.7 Å². The van der Waals surface area contributed by atoms with Crippen LogP contribution in [0.5, 0.6) is 23.0 Å². The van der Waals surface area contributed by atoms with Gasteiger partial charge in [0.2, 0.25) is 5.75 Å². The fourth-order valence-corrected chi connectivity index (χ4v) is 6.10. The Morgan fingerprint density at radius 2 is 1.35 bits per heavy atom. The summed E-state index contributed by atoms with van der Waals surface area (Å²) in [5.41, 5.74) is 0.594. The van der Waals surface area contributed by atoms with E-state index in [0.717, 1.165) is 11.3 Å². The summed E-state index contributed by atoms with van der Waals surface area (Å²) in [5, 5.41) is -0.0184. The van der Waals surface area contributed by atoms with Gasteiger partial charge in [0.05, 0.1) is 39.2 Å². The van der Waals surface area contributed by atoms with E-state index >= 15 is 0 Å². The van der Waals surface area contributed by atoms with Crippen LogP contribution in [0.1, 0.15) is 27.0 Å². The number of rotatable bonds is 9. The fraction of sp³-hybridized carbons (Fsp3) is 0.161. The molecule has 0 fully saturated rings. The summed E-state index contributed by atoms with van der Waals surface area (Å²) < 4.78 is 30.5. The average molecular weight is 619 g/mol. The van der Waals surface area contributed by atoms with E-state index in [0.29, 0.717) is 16.2 Å². The highest BCUT2D eigenvalue weighted by Crippen LogP contribution is 2.41. The molecule has 5 rings (SSSR count). The van der Waals surface area contributed by atoms with Crippen LogP contribution in [0.3, 0.4) is 0 Å². The quantitative estimate of drug-likeness (QED) is 0.145. The molecule has 0 aliphatic rings. The van der Waals surface area contributed by atoms with Crippen LogP contribution in [-0.2, 0) is 4.74 Å². The fourth-order valence-electron chi connectivity index (χ4n) is 4.52. The largest absolute Gasteiger partial charge is 0.493 e. The Kier molecular flexibility index (Phi) is 8.60. The van der Waals surface area contributed by atoms with Crippen LogP contribution in [0, 0.1) is 4.77 Å². The Balaban J connectivity index is 1.82. The summed E-state index contributed by atoms with van der Waals surface area (Å²) in [6.07, 6.45) is 0. The molecule has 10 nitrogen and oxygen atoms in total. The van der Waals surface area contributed by atoms with Gasteiger partial charge in [0.15, 0.2) is 26.9 Å². The number of benzene rings is 3. The highest BCUT2D eigenvalue weighted by atomic mass is 32.1. The summed E-state index contributed by atoms with van der Waals surface area (Å²) in [6, 6.07) is 20.8. The molecule has 0 spiro atoms. The second-order valence-corrected chi connectivity index (χ2v) is 10.3. The van der Waals surface area contributed by atoms with E-state index in [1.807, 2.05) is 36.4 Å². The topological polar surface area (TPSA) is 107 Å². The summed E-state index contributed by atoms with van der Waals surface area (Å²) in [4.78, 5) is 41.4. The third-order valence-electron chi connectivity index (χ3n) is 6.43. The molecule has 5 aromatic rings. The SMILES string of the molecule is CCOC(=O)c1sc2c(c1OC(=O)c1cc(OC)c(OC)c(OC)c1)c(=O)n(-c1ccccc1)c(=S)n2-c1ccccc1. The van der Waals surface area contributed by atoms with Crippen LogP contribution < -0.4 is 24.5 Å². The lowest BCUT2D eigenvalue weighted by Gasteiger charge is -2.15. The number of esters is 2. The minimum Gasteiger partial charge on any atom is -0.493 e. The monoisotopic (exact) mass is 618 g/mol. The predicted octanol–water partition coefficient (Wildman–Crippen LogP) is 5.99. The van der Waals surface area contributed by atoms with Crippen molar-refractivity contribution in [1.29, 1.82) is 0 Å². The zero-order valence-electron chi connectivity index (χ0n) is 23.6. The molecule has 43 heavy (non-hydrogen) atoms. The molecule has 0 aliphatic carbocycles. The first-order valence-corrected chi connectivity index (χ1v) is 14.2. The van der Waals surface area contributed by atoms with Crippen LogP contribution in [0.4, 0.5) is 0 Å². The molecule has 0 bridgehead atoms. The van der Waals surface area contributed by atoms with Crippen molar-refractivity contribution in [3.8, 4) is 34.4 Å². The van der Waals surface area contributed by atoms with Gasteiger partial charge in [0.1, 0.15) is 10.2 Å². The van der Waals surface area contributed by atoms with Crippen molar-refractivity contribution in [2.24, 2.45) is 0 Å². The van der Waals surface area contributed by atoms with Crippen molar-refractivity contribution in [2.45, 2.75) is 6.92 Å². The van der Waals surface area contributed by atoms with Crippen molar-refractivity contribution in [3.63, 3.8) is 0 Å². The smallest absolute Gasteiger partial charge is 0.352 e. The molecule has 2 aromatic heterocycles. The Labute approximate surface area is 255 Å². The number of aromatic nitrogens is 2. The second kappa shape index (κ2) is 12.5. The number of carbonyl (C=O) groups excluding carboxylic acids is 2. The zero-order valence-corrected chi connectivity index (χ0v) is 25.2. The lowest BCUT2D eigenvalue weighted by Crippen LogP contribution is -2.24. The van der Waals surface area contributed by atoms with Gasteiger partial charge in [-0.25, -0.2) is 9.59 Å². The standard InChI is InChI=1S/C31H26N2O8S2/c1-5-40-30(36)26-25(41-29(35)18-16-21(37-2)24(39-4)22(17-18)38-3)23-27(34)32(19-12-8-6-9-13-19)31(42)33(28(23)43-26)20-14-10-7-11-15-20/h6-17H,5H2,1-4H3. The third-order valence-corrected chi connectivity index (χ3v) is 7.93. The molecule has 0 aliphatic heterocycles. The lowest BCUT2D eigenvalue weighted by molar-refractivity contribution is 0.0527. The molecular formula is C31H26N2O8S2. The number of hydrogen-bond acceptors (Lipinski definition) is 10. The van der Waals surface area contributed by atoms with E-state index in [1.54, 1.807) is 35.8 Å². The summed E-state index contributed by atoms with van der Waals surface area (Å²) in [6.45, 7) is 1.72. The minimum absolute atomic E-state index is 0.0184. The third kappa shape index (κ3) is 5.38. The summed E-state index contributed by atoms with van der Waals surface area (Å²) in [5.74, 6) is -1.15. The van der Waals surface area contributed by atoms with Crippen molar-refractivity contribution >= 4 is 45.7 Å². The molecule has 0 radical (unpaired) electrons. The van der Waals surface area contributed by atoms with E-state index in [9.17, 15) is 14.4 Å². The number of nitrogens with zero attached hydrogens (tertiary/aromatic N) is 2. The predicted molar refractivity (Wildman–Crippen MR) is 165 cm³/mol. The number of ether oxygens (including phenoxy) is 5. The van der Waals surface area contributed by atoms with Crippen LogP contribution in [0.15, 0.2) is 77.6 Å². The van der Waals surface area contributed by atoms with Crippen LogP contribution in [0.2, 0.25) is 0 Å². The maximum atomic E-state index is 14.2. The number of methoxy groups -OCH3 is 3. The molecule has 0 atom stereocenters. The molecule has 2 heterocycles. The Morgan fingerprint density at radius 1 is 0.791 bits per heavy atom. The Morgan fingerprint density at radius 3 is 1.86 bits per heavy atom. The maximum absolute atomic E-state index is 14.2. The molecule has 12 heteroatoms. The van der Waals surface area contributed by atoms with E-state index < -0.39 is 17.5 Å². The van der Waals surface area contributed by atoms with Gasteiger partial charge in [-0.2, -0.15) is 0 Å². The van der Waals surface area contributed by atoms with Gasteiger partial charge in [0.25, 0.3) is 5.56 Å². The van der Waals surface area contributed by atoms with Crippen LogP contribution >= 0.6 is 23.6 Å². The summed E-state index contributed by atoms with van der Waals surface area (Å²) >= 11 is 6.80. The zero-order chi connectivity index (χ0) is 30.7. The Hall–Kier alpha value is -4.94. The molecule has 0 unspecified atom stereocenters. The van der Waals surface area contributed by atoms with Crippen molar-refractivity contribution in [1.82, 2.24) is 9.13 Å². The molecule has 0 N–H and O–H groups in total. The number of thiophene rings is 1. The van der Waals surface area contributed by atoms with Crippen molar-refractivity contribution < 1.29 is 33.3 Å². The van der Waals surface area contributed by atoms with Gasteiger partial charge in [0, 0.05) is 5.69 Å². The van der Waals surface area contributed by atoms with E-state index in [4.69, 9.17) is 35.9 Å². The average Bonchev–Trinajstić information content (AvgIpc) is 3.40. The van der Waals surface area contributed by atoms with E-state index in [-0.39, 0.29) is 50.2 Å². The van der Waals surface area contributed by atoms with Crippen LogP contribution in [0.25, 0.3) is 21.6 Å². The highest BCUT2D eigenvalue weighted by Gasteiger charge is 2.30. The van der Waals surface area contributed by atoms with Gasteiger partial charge in [-0.05, 0) is 55.5 Å². The minimum atomic E-state index is -0.871. The van der Waals surface area contributed by atoms with Crippen molar-refractivity contribution in [3.05, 3.63) is 98.4 Å². The first-order chi connectivity index (χ1) is 20.8. The first kappa shape index (κ1) is 29.5. The molecule has 0 saturated heterocycles. The number of para-hydroxylation sites is 2. The molecular weight excluding hydrogens is 592 g/mol. The second-order valence-electron chi connectivity index (χ2n) is 8.89. The molecule has 0 saturated carbocycles. The van der Waals surface area contributed by atoms with Gasteiger partial charge >= 0.3 is 11.9 Å². The van der Waals surface area contributed by atoms with E-state index in [1.165, 1.54) is 38.0 Å². The van der Waals surface area contributed by atoms with E-state index in [2.05, 4.69) is 0 Å². The number of hydrogen-bond donors (Lipinski definition) is 0. The number of carbonyl (C=O) groups is 2. The highest BCUT2D eigenvalue weighted by molar-refractivity contribution is 7.71. The van der Waals surface area contributed by atoms with Crippen molar-refractivity contribution in [2.75, 3.05) is 27.9 Å². The molecule has 3 aromatic carbocycles.